The molecule has 0 heterocycles. The third kappa shape index (κ3) is 3.00. The number of halogens is 2. The van der Waals surface area contributed by atoms with Crippen LogP contribution in [0.25, 0.3) is 0 Å². The summed E-state index contributed by atoms with van der Waals surface area (Å²) in [5, 5.41) is 13.0. The lowest BCUT2D eigenvalue weighted by atomic mass is 10.1. The van der Waals surface area contributed by atoms with E-state index in [1.807, 2.05) is 18.2 Å². The molecule has 0 radical (unpaired) electrons. The molecule has 4 heteroatoms. The second-order valence-corrected chi connectivity index (χ2v) is 4.32. The van der Waals surface area contributed by atoms with Gasteiger partial charge in [0.05, 0.1) is 12.6 Å². The second kappa shape index (κ2) is 5.85. The number of hydrogen-bond donors (Lipinski definition) is 2. The molecule has 0 aliphatic carbocycles. The van der Waals surface area contributed by atoms with Crippen LogP contribution in [-0.4, -0.2) is 11.7 Å². The van der Waals surface area contributed by atoms with E-state index in [4.69, 9.17) is 11.6 Å². The summed E-state index contributed by atoms with van der Waals surface area (Å²) >= 11 is 6.07. The zero-order chi connectivity index (χ0) is 13.0. The number of hydrogen-bond acceptors (Lipinski definition) is 2. The maximum absolute atomic E-state index is 13.1. The Kier molecular flexibility index (Phi) is 4.18. The third-order valence-electron chi connectivity index (χ3n) is 2.63. The molecule has 2 nitrogen and oxygen atoms in total. The van der Waals surface area contributed by atoms with Crippen LogP contribution in [0.3, 0.4) is 0 Å². The van der Waals surface area contributed by atoms with E-state index in [-0.39, 0.29) is 18.5 Å². The van der Waals surface area contributed by atoms with Crippen LogP contribution in [0.4, 0.5) is 10.1 Å². The van der Waals surface area contributed by atoms with Gasteiger partial charge < -0.3 is 10.4 Å². The van der Waals surface area contributed by atoms with E-state index in [9.17, 15) is 9.50 Å². The fraction of sp³-hybridized carbons (Fsp3) is 0.143. The SMILES string of the molecule is OCC(Nc1cccc(F)c1)c1ccccc1Cl. The molecule has 1 atom stereocenters. The van der Waals surface area contributed by atoms with Gasteiger partial charge in [-0.05, 0) is 29.8 Å². The Hall–Kier alpha value is -1.58. The molecule has 94 valence electrons. The summed E-state index contributed by atoms with van der Waals surface area (Å²) in [6, 6.07) is 13.0. The number of nitrogens with one attached hydrogen (secondary N) is 1. The predicted octanol–water partition coefficient (Wildman–Crippen LogP) is 3.62. The van der Waals surface area contributed by atoms with Crippen molar-refractivity contribution in [2.24, 2.45) is 0 Å². The third-order valence-corrected chi connectivity index (χ3v) is 2.97. The van der Waals surface area contributed by atoms with Gasteiger partial charge in [-0.15, -0.1) is 0 Å². The van der Waals surface area contributed by atoms with Crippen molar-refractivity contribution in [1.82, 2.24) is 0 Å². The fourth-order valence-electron chi connectivity index (χ4n) is 1.76. The van der Waals surface area contributed by atoms with Crippen LogP contribution in [-0.2, 0) is 0 Å². The number of benzene rings is 2. The molecule has 0 saturated heterocycles. The Morgan fingerprint density at radius 3 is 2.61 bits per heavy atom. The van der Waals surface area contributed by atoms with E-state index in [2.05, 4.69) is 5.32 Å². The van der Waals surface area contributed by atoms with Gasteiger partial charge in [0.25, 0.3) is 0 Å². The van der Waals surface area contributed by atoms with Gasteiger partial charge in [-0.2, -0.15) is 0 Å². The van der Waals surface area contributed by atoms with Gasteiger partial charge in [0.15, 0.2) is 0 Å². The Balaban J connectivity index is 2.23. The van der Waals surface area contributed by atoms with Gasteiger partial charge in [0.2, 0.25) is 0 Å². The van der Waals surface area contributed by atoms with Crippen molar-refractivity contribution in [3.63, 3.8) is 0 Å². The second-order valence-electron chi connectivity index (χ2n) is 3.91. The largest absolute Gasteiger partial charge is 0.394 e. The van der Waals surface area contributed by atoms with Crippen molar-refractivity contribution >= 4 is 17.3 Å². The molecule has 2 N–H and O–H groups in total. The van der Waals surface area contributed by atoms with Crippen molar-refractivity contribution in [3.05, 3.63) is 64.9 Å². The summed E-state index contributed by atoms with van der Waals surface area (Å²) < 4.78 is 13.1. The van der Waals surface area contributed by atoms with Gasteiger partial charge in [-0.25, -0.2) is 4.39 Å². The van der Waals surface area contributed by atoms with Crippen LogP contribution in [0.15, 0.2) is 48.5 Å². The molecule has 0 aliphatic rings. The Labute approximate surface area is 110 Å². The molecule has 0 amide bonds. The molecule has 0 bridgehead atoms. The van der Waals surface area contributed by atoms with E-state index in [1.54, 1.807) is 18.2 Å². The number of aliphatic hydroxyl groups is 1. The standard InChI is InChI=1S/C14H13ClFNO/c15-13-7-2-1-6-12(13)14(9-18)17-11-5-3-4-10(16)8-11/h1-8,14,17-18H,9H2. The van der Waals surface area contributed by atoms with Gasteiger partial charge in [0.1, 0.15) is 5.82 Å². The van der Waals surface area contributed by atoms with E-state index in [0.717, 1.165) is 5.56 Å². The molecule has 2 aromatic carbocycles. The van der Waals surface area contributed by atoms with Gasteiger partial charge >= 0.3 is 0 Å². The van der Waals surface area contributed by atoms with Crippen LogP contribution in [0.1, 0.15) is 11.6 Å². The van der Waals surface area contributed by atoms with Gasteiger partial charge in [-0.3, -0.25) is 0 Å². The molecule has 18 heavy (non-hydrogen) atoms. The van der Waals surface area contributed by atoms with E-state index >= 15 is 0 Å². The maximum atomic E-state index is 13.1. The highest BCUT2D eigenvalue weighted by Crippen LogP contribution is 2.25. The molecule has 2 aromatic rings. The summed E-state index contributed by atoms with van der Waals surface area (Å²) in [6.45, 7) is -0.125. The minimum atomic E-state index is -0.361. The normalized spacial score (nSPS) is 12.2. The molecule has 0 saturated carbocycles. The van der Waals surface area contributed by atoms with Crippen LogP contribution in [0, 0.1) is 5.82 Å². The van der Waals surface area contributed by atoms with Crippen LogP contribution < -0.4 is 5.32 Å². The predicted molar refractivity (Wildman–Crippen MR) is 71.3 cm³/mol. The average molecular weight is 266 g/mol. The van der Waals surface area contributed by atoms with E-state index < -0.39 is 0 Å². The lowest BCUT2D eigenvalue weighted by Gasteiger charge is -2.19. The summed E-state index contributed by atoms with van der Waals surface area (Å²) in [7, 11) is 0. The highest BCUT2D eigenvalue weighted by molar-refractivity contribution is 6.31. The lowest BCUT2D eigenvalue weighted by molar-refractivity contribution is 0.276. The van der Waals surface area contributed by atoms with Crippen molar-refractivity contribution in [2.45, 2.75) is 6.04 Å². The minimum Gasteiger partial charge on any atom is -0.394 e. The zero-order valence-corrected chi connectivity index (χ0v) is 10.4. The summed E-state index contributed by atoms with van der Waals surface area (Å²) in [5.74, 6) is -0.323. The van der Waals surface area contributed by atoms with Crippen LogP contribution in [0.5, 0.6) is 0 Å². The highest BCUT2D eigenvalue weighted by Gasteiger charge is 2.13. The summed E-state index contributed by atoms with van der Waals surface area (Å²) in [5.41, 5.74) is 1.39. The highest BCUT2D eigenvalue weighted by atomic mass is 35.5. The Bertz CT molecular complexity index is 533. The monoisotopic (exact) mass is 265 g/mol. The molecule has 0 spiro atoms. The number of aliphatic hydroxyl groups excluding tert-OH is 1. The van der Waals surface area contributed by atoms with Gasteiger partial charge in [0, 0.05) is 10.7 Å². The minimum absolute atomic E-state index is 0.125. The van der Waals surface area contributed by atoms with Gasteiger partial charge in [-0.1, -0.05) is 35.9 Å². The molecular weight excluding hydrogens is 253 g/mol. The first-order valence-corrected chi connectivity index (χ1v) is 5.96. The van der Waals surface area contributed by atoms with Crippen molar-refractivity contribution in [1.29, 1.82) is 0 Å². The Morgan fingerprint density at radius 2 is 1.94 bits per heavy atom. The topological polar surface area (TPSA) is 32.3 Å². The average Bonchev–Trinajstić information content (AvgIpc) is 2.37. The Morgan fingerprint density at radius 1 is 1.17 bits per heavy atom. The maximum Gasteiger partial charge on any atom is 0.125 e. The quantitative estimate of drug-likeness (QED) is 0.885. The molecule has 2 rings (SSSR count). The van der Waals surface area contributed by atoms with E-state index in [1.165, 1.54) is 12.1 Å². The van der Waals surface area contributed by atoms with E-state index in [0.29, 0.717) is 10.7 Å². The lowest BCUT2D eigenvalue weighted by Crippen LogP contribution is -2.15. The fourth-order valence-corrected chi connectivity index (χ4v) is 2.03. The first-order chi connectivity index (χ1) is 8.70. The summed E-state index contributed by atoms with van der Waals surface area (Å²) in [4.78, 5) is 0. The summed E-state index contributed by atoms with van der Waals surface area (Å²) in [6.07, 6.45) is 0. The zero-order valence-electron chi connectivity index (χ0n) is 9.61. The molecular formula is C14H13ClFNO. The van der Waals surface area contributed by atoms with Crippen LogP contribution in [0.2, 0.25) is 5.02 Å². The number of rotatable bonds is 4. The van der Waals surface area contributed by atoms with Crippen LogP contribution >= 0.6 is 11.6 Å². The van der Waals surface area contributed by atoms with Crippen molar-refractivity contribution in [3.8, 4) is 0 Å². The van der Waals surface area contributed by atoms with Crippen molar-refractivity contribution in [2.75, 3.05) is 11.9 Å². The smallest absolute Gasteiger partial charge is 0.125 e. The first-order valence-electron chi connectivity index (χ1n) is 5.58. The first kappa shape index (κ1) is 12.9. The molecule has 0 aliphatic heterocycles. The molecule has 0 fully saturated rings. The molecule has 1 unspecified atom stereocenters. The van der Waals surface area contributed by atoms with Crippen molar-refractivity contribution < 1.29 is 9.50 Å². The number of anilines is 1. The molecule has 0 aromatic heterocycles.